The molecule has 5 aromatic rings. The highest BCUT2D eigenvalue weighted by Gasteiger charge is 2.16. The number of nitrogens with zero attached hydrogens (tertiary/aromatic N) is 4. The van der Waals surface area contributed by atoms with Gasteiger partial charge >= 0.3 is 0 Å². The second-order valence-corrected chi connectivity index (χ2v) is 7.03. The third-order valence-electron chi connectivity index (χ3n) is 5.10. The molecular formula is C23H17N5O2. The predicted octanol–water partition coefficient (Wildman–Crippen LogP) is 4.29. The van der Waals surface area contributed by atoms with Crippen molar-refractivity contribution >= 4 is 22.5 Å². The molecule has 0 atom stereocenters. The summed E-state index contributed by atoms with van der Waals surface area (Å²) in [6.45, 7) is 0.831. The minimum atomic E-state index is 0.264. The third kappa shape index (κ3) is 2.79. The van der Waals surface area contributed by atoms with Gasteiger partial charge in [0, 0.05) is 17.5 Å². The molecule has 0 unspecified atom stereocenters. The molecule has 7 heteroatoms. The molecule has 7 nitrogen and oxygen atoms in total. The fourth-order valence-corrected chi connectivity index (χ4v) is 3.61. The van der Waals surface area contributed by atoms with Crippen molar-refractivity contribution < 1.29 is 9.47 Å². The van der Waals surface area contributed by atoms with Gasteiger partial charge in [0.15, 0.2) is 23.0 Å². The Morgan fingerprint density at radius 3 is 2.63 bits per heavy atom. The van der Waals surface area contributed by atoms with Gasteiger partial charge in [-0.3, -0.25) is 0 Å². The number of hydrogen-bond acceptors (Lipinski definition) is 6. The van der Waals surface area contributed by atoms with Gasteiger partial charge in [-0.15, -0.1) is 5.10 Å². The monoisotopic (exact) mass is 395 g/mol. The van der Waals surface area contributed by atoms with Crippen LogP contribution in [0.3, 0.4) is 0 Å². The Morgan fingerprint density at radius 2 is 1.70 bits per heavy atom. The molecule has 0 aliphatic carbocycles. The number of para-hydroxylation sites is 1. The van der Waals surface area contributed by atoms with Crippen LogP contribution in [-0.2, 0) is 6.54 Å². The molecule has 146 valence electrons. The first-order valence-corrected chi connectivity index (χ1v) is 9.68. The largest absolute Gasteiger partial charge is 0.454 e. The second-order valence-electron chi connectivity index (χ2n) is 7.03. The van der Waals surface area contributed by atoms with E-state index in [1.54, 1.807) is 4.52 Å². The first-order chi connectivity index (χ1) is 14.8. The van der Waals surface area contributed by atoms with Gasteiger partial charge < -0.3 is 14.8 Å². The van der Waals surface area contributed by atoms with Crippen LogP contribution in [0.2, 0.25) is 0 Å². The number of ether oxygens (including phenoxy) is 2. The lowest BCUT2D eigenvalue weighted by molar-refractivity contribution is 0.174. The number of aromatic nitrogens is 4. The molecule has 0 saturated carbocycles. The van der Waals surface area contributed by atoms with E-state index < -0.39 is 0 Å². The van der Waals surface area contributed by atoms with Crippen molar-refractivity contribution in [3.05, 3.63) is 78.4 Å². The average molecular weight is 395 g/mol. The summed E-state index contributed by atoms with van der Waals surface area (Å²) < 4.78 is 12.6. The quantitative estimate of drug-likeness (QED) is 0.490. The van der Waals surface area contributed by atoms with Crippen molar-refractivity contribution in [2.75, 3.05) is 12.1 Å². The normalized spacial score (nSPS) is 12.5. The van der Waals surface area contributed by atoms with Crippen molar-refractivity contribution in [2.24, 2.45) is 0 Å². The Morgan fingerprint density at radius 1 is 0.867 bits per heavy atom. The van der Waals surface area contributed by atoms with E-state index in [1.807, 2.05) is 72.8 Å². The second kappa shape index (κ2) is 6.73. The van der Waals surface area contributed by atoms with Gasteiger partial charge in [0.05, 0.1) is 5.52 Å². The zero-order valence-electron chi connectivity index (χ0n) is 15.9. The summed E-state index contributed by atoms with van der Waals surface area (Å²) >= 11 is 0. The molecule has 0 bridgehead atoms. The van der Waals surface area contributed by atoms with E-state index in [-0.39, 0.29) is 6.79 Å². The maximum atomic E-state index is 5.48. The summed E-state index contributed by atoms with van der Waals surface area (Å²) in [4.78, 5) is 9.60. The highest BCUT2D eigenvalue weighted by molar-refractivity contribution is 5.92. The average Bonchev–Trinajstić information content (AvgIpc) is 3.45. The minimum Gasteiger partial charge on any atom is -0.454 e. The highest BCUT2D eigenvalue weighted by Crippen LogP contribution is 2.32. The molecule has 1 aliphatic rings. The molecule has 30 heavy (non-hydrogen) atoms. The van der Waals surface area contributed by atoms with Crippen LogP contribution in [0.25, 0.3) is 27.9 Å². The van der Waals surface area contributed by atoms with E-state index in [0.29, 0.717) is 18.3 Å². The lowest BCUT2D eigenvalue weighted by Gasteiger charge is -2.09. The molecule has 1 aliphatic heterocycles. The van der Waals surface area contributed by atoms with Crippen LogP contribution >= 0.6 is 0 Å². The predicted molar refractivity (Wildman–Crippen MR) is 114 cm³/mol. The summed E-state index contributed by atoms with van der Waals surface area (Å²) in [6.07, 6.45) is 0. The lowest BCUT2D eigenvalue weighted by Crippen LogP contribution is -2.08. The first-order valence-electron chi connectivity index (χ1n) is 9.68. The van der Waals surface area contributed by atoms with Crippen LogP contribution < -0.4 is 14.8 Å². The van der Waals surface area contributed by atoms with Gasteiger partial charge in [-0.25, -0.2) is 9.97 Å². The van der Waals surface area contributed by atoms with Crippen LogP contribution in [0.4, 0.5) is 5.95 Å². The number of nitrogens with one attached hydrogen (secondary N) is 1. The van der Waals surface area contributed by atoms with Crippen molar-refractivity contribution in [3.8, 4) is 22.9 Å². The van der Waals surface area contributed by atoms with E-state index in [0.717, 1.165) is 39.2 Å². The number of rotatable bonds is 4. The summed E-state index contributed by atoms with van der Waals surface area (Å²) in [6, 6.07) is 23.8. The molecule has 1 N–H and O–H groups in total. The smallest absolute Gasteiger partial charge is 0.231 e. The summed E-state index contributed by atoms with van der Waals surface area (Å²) in [5.74, 6) is 2.84. The maximum Gasteiger partial charge on any atom is 0.231 e. The molecule has 0 amide bonds. The number of benzene rings is 3. The molecule has 0 saturated heterocycles. The Hall–Kier alpha value is -4.13. The molecule has 0 fully saturated rings. The third-order valence-corrected chi connectivity index (χ3v) is 5.10. The Labute approximate surface area is 171 Å². The first kappa shape index (κ1) is 16.8. The van der Waals surface area contributed by atoms with E-state index in [9.17, 15) is 0 Å². The van der Waals surface area contributed by atoms with E-state index in [2.05, 4.69) is 5.32 Å². The molecule has 6 rings (SSSR count). The molecular weight excluding hydrogens is 378 g/mol. The van der Waals surface area contributed by atoms with Crippen LogP contribution in [-0.4, -0.2) is 26.4 Å². The summed E-state index contributed by atoms with van der Waals surface area (Å²) in [5.41, 5.74) is 3.66. The van der Waals surface area contributed by atoms with Crippen LogP contribution in [0.1, 0.15) is 5.56 Å². The Balaban J connectivity index is 1.43. The van der Waals surface area contributed by atoms with Gasteiger partial charge in [0.1, 0.15) is 0 Å². The van der Waals surface area contributed by atoms with Gasteiger partial charge in [-0.1, -0.05) is 48.5 Å². The van der Waals surface area contributed by atoms with E-state index >= 15 is 0 Å². The zero-order chi connectivity index (χ0) is 19.9. The van der Waals surface area contributed by atoms with Gasteiger partial charge in [-0.2, -0.15) is 4.52 Å². The highest BCUT2D eigenvalue weighted by atomic mass is 16.7. The van der Waals surface area contributed by atoms with Gasteiger partial charge in [-0.05, 0) is 29.8 Å². The Kier molecular flexibility index (Phi) is 3.77. The van der Waals surface area contributed by atoms with Crippen molar-refractivity contribution in [1.82, 2.24) is 19.6 Å². The van der Waals surface area contributed by atoms with Gasteiger partial charge in [0.25, 0.3) is 0 Å². The van der Waals surface area contributed by atoms with Crippen molar-refractivity contribution in [3.63, 3.8) is 0 Å². The number of hydrogen-bond donors (Lipinski definition) is 1. The molecule has 3 aromatic carbocycles. The SMILES string of the molecule is c1ccc(-c2nc3c4ccccc4nc(NCc4ccc5c(c4)OCO5)n3n2)cc1. The van der Waals surface area contributed by atoms with Crippen LogP contribution in [0.5, 0.6) is 11.5 Å². The van der Waals surface area contributed by atoms with Crippen molar-refractivity contribution in [1.29, 1.82) is 0 Å². The van der Waals surface area contributed by atoms with Crippen LogP contribution in [0, 0.1) is 0 Å². The standard InChI is InChI=1S/C23H17N5O2/c1-2-6-16(7-3-1)21-26-22-17-8-4-5-9-18(17)25-23(28(22)27-21)24-13-15-10-11-19-20(12-15)30-14-29-19/h1-12H,13-14H2,(H,24,25). The van der Waals surface area contributed by atoms with E-state index in [4.69, 9.17) is 24.5 Å². The zero-order valence-corrected chi connectivity index (χ0v) is 15.9. The fourth-order valence-electron chi connectivity index (χ4n) is 3.61. The van der Waals surface area contributed by atoms with Crippen molar-refractivity contribution in [2.45, 2.75) is 6.54 Å². The lowest BCUT2D eigenvalue weighted by atomic mass is 10.2. The summed E-state index contributed by atoms with van der Waals surface area (Å²) in [7, 11) is 0. The van der Waals surface area contributed by atoms with E-state index in [1.165, 1.54) is 0 Å². The molecule has 3 heterocycles. The van der Waals surface area contributed by atoms with Gasteiger partial charge in [0.2, 0.25) is 12.7 Å². The molecule has 0 spiro atoms. The number of fused-ring (bicyclic) bond motifs is 4. The molecule has 0 radical (unpaired) electrons. The topological polar surface area (TPSA) is 73.6 Å². The Bertz CT molecular complexity index is 1380. The summed E-state index contributed by atoms with van der Waals surface area (Å²) in [5, 5.41) is 9.10. The number of anilines is 1. The molecule has 2 aromatic heterocycles. The minimum absolute atomic E-state index is 0.264. The fraction of sp³-hybridized carbons (Fsp3) is 0.0870. The maximum absolute atomic E-state index is 5.48. The van der Waals surface area contributed by atoms with Crippen LogP contribution in [0.15, 0.2) is 72.8 Å².